The molecule has 0 aromatic heterocycles. The second kappa shape index (κ2) is 13.6. The lowest BCUT2D eigenvalue weighted by atomic mass is 9.76. The molecule has 2 fully saturated rings. The van der Waals surface area contributed by atoms with Gasteiger partial charge in [-0.15, -0.1) is 0 Å². The third-order valence-corrected chi connectivity index (χ3v) is 6.76. The summed E-state index contributed by atoms with van der Waals surface area (Å²) in [5.41, 5.74) is 0. The summed E-state index contributed by atoms with van der Waals surface area (Å²) in [6.45, 7) is 5.25. The lowest BCUT2D eigenvalue weighted by molar-refractivity contribution is 0.0188. The molecule has 0 aliphatic heterocycles. The Morgan fingerprint density at radius 3 is 1.85 bits per heavy atom. The molecule has 0 atom stereocenters. The molecule has 0 amide bonds. The third kappa shape index (κ3) is 8.89. The summed E-state index contributed by atoms with van der Waals surface area (Å²) in [6, 6.07) is 0. The van der Waals surface area contributed by atoms with E-state index < -0.39 is 0 Å². The average Bonchev–Trinajstić information content (AvgIpc) is 2.68. The van der Waals surface area contributed by atoms with Gasteiger partial charge in [-0.05, 0) is 76.0 Å². The molecule has 0 heterocycles. The van der Waals surface area contributed by atoms with Gasteiger partial charge in [0.15, 0.2) is 0 Å². The summed E-state index contributed by atoms with van der Waals surface area (Å²) in [6.07, 6.45) is 29.0. The predicted molar refractivity (Wildman–Crippen MR) is 114 cm³/mol. The zero-order valence-corrected chi connectivity index (χ0v) is 17.6. The van der Waals surface area contributed by atoms with Crippen molar-refractivity contribution in [3.8, 4) is 0 Å². The van der Waals surface area contributed by atoms with E-state index in [1.165, 1.54) is 77.0 Å². The summed E-state index contributed by atoms with van der Waals surface area (Å²) >= 11 is 0. The summed E-state index contributed by atoms with van der Waals surface area (Å²) in [5.74, 6) is 3.04. The maximum atomic E-state index is 6.07. The predicted octanol–water partition coefficient (Wildman–Crippen LogP) is 7.86. The lowest BCUT2D eigenvalue weighted by Gasteiger charge is -2.32. The van der Waals surface area contributed by atoms with Crippen LogP contribution < -0.4 is 0 Å². The molecule has 26 heavy (non-hydrogen) atoms. The fourth-order valence-corrected chi connectivity index (χ4v) is 4.95. The minimum atomic E-state index is 0.550. The van der Waals surface area contributed by atoms with Crippen LogP contribution in [0.2, 0.25) is 0 Å². The minimum absolute atomic E-state index is 0.550. The maximum absolute atomic E-state index is 6.07. The van der Waals surface area contributed by atoms with E-state index in [1.807, 2.05) is 0 Å². The van der Waals surface area contributed by atoms with E-state index in [2.05, 4.69) is 38.2 Å². The summed E-state index contributed by atoms with van der Waals surface area (Å²) in [4.78, 5) is 0. The van der Waals surface area contributed by atoms with Crippen molar-refractivity contribution in [3.05, 3.63) is 24.3 Å². The van der Waals surface area contributed by atoms with E-state index in [0.29, 0.717) is 6.10 Å². The molecular weight excluding hydrogens is 316 g/mol. The van der Waals surface area contributed by atoms with Crippen LogP contribution in [-0.2, 0) is 4.74 Å². The number of hydrogen-bond donors (Lipinski definition) is 0. The third-order valence-electron chi connectivity index (χ3n) is 6.76. The smallest absolute Gasteiger partial charge is 0.0575 e. The number of allylic oxidation sites excluding steroid dienone is 3. The van der Waals surface area contributed by atoms with Crippen LogP contribution in [0.4, 0.5) is 0 Å². The lowest BCUT2D eigenvalue weighted by Crippen LogP contribution is -2.23. The number of rotatable bonds is 11. The van der Waals surface area contributed by atoms with Gasteiger partial charge in [-0.3, -0.25) is 0 Å². The molecule has 0 saturated heterocycles. The van der Waals surface area contributed by atoms with Gasteiger partial charge in [0, 0.05) is 0 Å². The Labute approximate surface area is 163 Å². The first-order chi connectivity index (χ1) is 12.8. The summed E-state index contributed by atoms with van der Waals surface area (Å²) in [5, 5.41) is 0. The van der Waals surface area contributed by atoms with Gasteiger partial charge in [0.1, 0.15) is 0 Å². The highest BCUT2D eigenvalue weighted by Gasteiger charge is 2.24. The van der Waals surface area contributed by atoms with Crippen LogP contribution in [0, 0.1) is 17.8 Å². The molecule has 1 heteroatoms. The van der Waals surface area contributed by atoms with E-state index >= 15 is 0 Å². The Morgan fingerprint density at radius 1 is 0.692 bits per heavy atom. The van der Waals surface area contributed by atoms with Crippen LogP contribution in [0.15, 0.2) is 24.3 Å². The van der Waals surface area contributed by atoms with Crippen LogP contribution in [0.25, 0.3) is 0 Å². The molecule has 2 rings (SSSR count). The summed E-state index contributed by atoms with van der Waals surface area (Å²) < 4.78 is 6.07. The first kappa shape index (κ1) is 21.7. The maximum Gasteiger partial charge on any atom is 0.0575 e. The molecule has 2 aliphatic carbocycles. The SMILES string of the molecule is C/C=C/CCC1CCC(CCC2CCC(OCC/C=C\CC)CC2)CC1. The monoisotopic (exact) mass is 360 g/mol. The van der Waals surface area contributed by atoms with Crippen molar-refractivity contribution in [1.82, 2.24) is 0 Å². The van der Waals surface area contributed by atoms with Crippen molar-refractivity contribution >= 4 is 0 Å². The van der Waals surface area contributed by atoms with Crippen molar-refractivity contribution in [1.29, 1.82) is 0 Å². The molecule has 0 unspecified atom stereocenters. The van der Waals surface area contributed by atoms with Crippen LogP contribution in [-0.4, -0.2) is 12.7 Å². The highest BCUT2D eigenvalue weighted by atomic mass is 16.5. The molecule has 0 N–H and O–H groups in total. The van der Waals surface area contributed by atoms with Crippen LogP contribution in [0.1, 0.15) is 104 Å². The second-order valence-corrected chi connectivity index (χ2v) is 8.79. The molecule has 2 saturated carbocycles. The Morgan fingerprint density at radius 2 is 1.27 bits per heavy atom. The Kier molecular flexibility index (Phi) is 11.4. The molecule has 0 spiro atoms. The Bertz CT molecular complexity index is 381. The first-order valence-electron chi connectivity index (χ1n) is 11.7. The zero-order valence-electron chi connectivity index (χ0n) is 17.6. The van der Waals surface area contributed by atoms with Crippen molar-refractivity contribution in [2.24, 2.45) is 17.8 Å². The van der Waals surface area contributed by atoms with Gasteiger partial charge < -0.3 is 4.74 Å². The normalized spacial score (nSPS) is 30.4. The standard InChI is InChI=1S/C25H44O/c1-3-5-7-9-21-26-25-19-17-24(18-20-25)16-15-23-13-11-22(12-14-23)10-8-6-4-2/h4-7,22-25H,3,8-21H2,1-2H3/b6-4+,7-5-. The minimum Gasteiger partial charge on any atom is -0.378 e. The quantitative estimate of drug-likeness (QED) is 0.269. The van der Waals surface area contributed by atoms with Crippen LogP contribution in [0.5, 0.6) is 0 Å². The molecule has 0 aromatic carbocycles. The van der Waals surface area contributed by atoms with Gasteiger partial charge in [-0.25, -0.2) is 0 Å². The average molecular weight is 361 g/mol. The van der Waals surface area contributed by atoms with Crippen molar-refractivity contribution in [2.45, 2.75) is 110 Å². The Balaban J connectivity index is 1.49. The molecule has 0 aromatic rings. The van der Waals surface area contributed by atoms with Crippen LogP contribution >= 0.6 is 0 Å². The first-order valence-corrected chi connectivity index (χ1v) is 11.7. The number of ether oxygens (including phenoxy) is 1. The molecule has 0 bridgehead atoms. The van der Waals surface area contributed by atoms with Crippen molar-refractivity contribution < 1.29 is 4.74 Å². The van der Waals surface area contributed by atoms with Gasteiger partial charge in [0.2, 0.25) is 0 Å². The van der Waals surface area contributed by atoms with E-state index in [-0.39, 0.29) is 0 Å². The second-order valence-electron chi connectivity index (χ2n) is 8.79. The fourth-order valence-electron chi connectivity index (χ4n) is 4.95. The molecule has 150 valence electrons. The molecular formula is C25H44O. The van der Waals surface area contributed by atoms with Gasteiger partial charge in [0.05, 0.1) is 12.7 Å². The number of hydrogen-bond acceptors (Lipinski definition) is 1. The van der Waals surface area contributed by atoms with Gasteiger partial charge in [0.25, 0.3) is 0 Å². The molecule has 2 aliphatic rings. The molecule has 1 nitrogen and oxygen atoms in total. The largest absolute Gasteiger partial charge is 0.378 e. The van der Waals surface area contributed by atoms with Crippen molar-refractivity contribution in [2.75, 3.05) is 6.61 Å². The van der Waals surface area contributed by atoms with Crippen LogP contribution in [0.3, 0.4) is 0 Å². The van der Waals surface area contributed by atoms with E-state index in [9.17, 15) is 0 Å². The van der Waals surface area contributed by atoms with Gasteiger partial charge in [-0.2, -0.15) is 0 Å². The molecule has 0 radical (unpaired) electrons. The van der Waals surface area contributed by atoms with Gasteiger partial charge in [-0.1, -0.05) is 69.8 Å². The fraction of sp³-hybridized carbons (Fsp3) is 0.840. The Hall–Kier alpha value is -0.560. The van der Waals surface area contributed by atoms with E-state index in [4.69, 9.17) is 4.74 Å². The van der Waals surface area contributed by atoms with Crippen molar-refractivity contribution in [3.63, 3.8) is 0 Å². The topological polar surface area (TPSA) is 9.23 Å². The highest BCUT2D eigenvalue weighted by Crippen LogP contribution is 2.37. The highest BCUT2D eigenvalue weighted by molar-refractivity contribution is 4.82. The summed E-state index contributed by atoms with van der Waals surface area (Å²) in [7, 11) is 0. The van der Waals surface area contributed by atoms with Gasteiger partial charge >= 0.3 is 0 Å². The van der Waals surface area contributed by atoms with E-state index in [1.54, 1.807) is 0 Å². The van der Waals surface area contributed by atoms with E-state index in [0.717, 1.165) is 37.2 Å². The zero-order chi connectivity index (χ0) is 18.5.